The lowest BCUT2D eigenvalue weighted by molar-refractivity contribution is 0.767. The third-order valence-electron chi connectivity index (χ3n) is 5.07. The van der Waals surface area contributed by atoms with E-state index in [0.717, 1.165) is 54.0 Å². The predicted octanol–water partition coefficient (Wildman–Crippen LogP) is 5.59. The summed E-state index contributed by atoms with van der Waals surface area (Å²) in [5.41, 5.74) is 3.99. The smallest absolute Gasteiger partial charge is 0.164 e. The second kappa shape index (κ2) is 8.85. The molecule has 2 aromatic rings. The average molecular weight is 363 g/mol. The van der Waals surface area contributed by atoms with Crippen LogP contribution in [-0.2, 0) is 0 Å². The van der Waals surface area contributed by atoms with Crippen LogP contribution < -0.4 is 4.90 Å². The number of fused-ring (bicyclic) bond motifs is 1. The van der Waals surface area contributed by atoms with Gasteiger partial charge in [-0.15, -0.1) is 0 Å². The molecule has 1 saturated heterocycles. The fourth-order valence-corrected chi connectivity index (χ4v) is 3.53. The van der Waals surface area contributed by atoms with E-state index < -0.39 is 0 Å². The van der Waals surface area contributed by atoms with Gasteiger partial charge in [0, 0.05) is 18.3 Å². The molecule has 4 heteroatoms. The monoisotopic (exact) mass is 362 g/mol. The first-order valence-electron chi connectivity index (χ1n) is 9.90. The van der Waals surface area contributed by atoms with Crippen LogP contribution in [0.3, 0.4) is 0 Å². The maximum absolute atomic E-state index is 4.89. The highest BCUT2D eigenvalue weighted by Gasteiger charge is 2.27. The Hall–Kier alpha value is -2.62. The zero-order chi connectivity index (χ0) is 19.2. The van der Waals surface area contributed by atoms with Crippen LogP contribution in [0.15, 0.2) is 61.5 Å². The van der Waals surface area contributed by atoms with Crippen LogP contribution in [0, 0.1) is 0 Å². The predicted molar refractivity (Wildman–Crippen MR) is 115 cm³/mol. The van der Waals surface area contributed by atoms with Gasteiger partial charge in [-0.3, -0.25) is 0 Å². The molecule has 0 aliphatic carbocycles. The minimum absolute atomic E-state index is 0.302. The van der Waals surface area contributed by atoms with Gasteiger partial charge in [-0.05, 0) is 43.4 Å². The minimum Gasteiger partial charge on any atom is -0.349 e. The van der Waals surface area contributed by atoms with Crippen LogP contribution >= 0.6 is 0 Å². The van der Waals surface area contributed by atoms with Crippen LogP contribution in [0.4, 0.5) is 5.82 Å². The summed E-state index contributed by atoms with van der Waals surface area (Å²) in [6, 6.07) is 2.35. The zero-order valence-electron chi connectivity index (χ0n) is 16.6. The van der Waals surface area contributed by atoms with E-state index in [1.54, 1.807) is 0 Å². The molecule has 0 N–H and O–H groups in total. The van der Waals surface area contributed by atoms with E-state index in [1.807, 2.05) is 29.9 Å². The molecule has 0 radical (unpaired) electrons. The van der Waals surface area contributed by atoms with Crippen molar-refractivity contribution in [3.05, 3.63) is 67.1 Å². The molecule has 142 valence electrons. The number of nitrogens with zero attached hydrogens (tertiary/aromatic N) is 4. The van der Waals surface area contributed by atoms with Gasteiger partial charge < -0.3 is 4.90 Å². The molecule has 0 aromatic carbocycles. The molecule has 0 saturated carbocycles. The third-order valence-corrected chi connectivity index (χ3v) is 5.07. The standard InChI is InChI=1S/C23H30N4/c1-5-6-7-8-9-10-12-19(4)21-13-11-15-26(21)22-14-16-27-23(25-22)20(17-24-27)18(2)3/h8-10,12,14,16-17,21H,2,4-7,11,13,15H2,1,3H3/b9-8-,12-10-. The van der Waals surface area contributed by atoms with Gasteiger partial charge in [0.15, 0.2) is 5.65 Å². The summed E-state index contributed by atoms with van der Waals surface area (Å²) < 4.78 is 1.81. The molecule has 1 aliphatic rings. The molecule has 1 unspecified atom stereocenters. The number of unbranched alkanes of at least 4 members (excludes halogenated alkanes) is 2. The van der Waals surface area contributed by atoms with Crippen molar-refractivity contribution >= 4 is 17.0 Å². The van der Waals surface area contributed by atoms with Crippen LogP contribution in [0.25, 0.3) is 11.2 Å². The summed E-state index contributed by atoms with van der Waals surface area (Å²) >= 11 is 0. The summed E-state index contributed by atoms with van der Waals surface area (Å²) in [4.78, 5) is 7.25. The summed E-state index contributed by atoms with van der Waals surface area (Å²) in [5, 5.41) is 4.37. The molecule has 4 nitrogen and oxygen atoms in total. The number of aromatic nitrogens is 3. The van der Waals surface area contributed by atoms with E-state index in [-0.39, 0.29) is 0 Å². The molecule has 1 atom stereocenters. The number of anilines is 1. The average Bonchev–Trinajstić information content (AvgIpc) is 3.30. The summed E-state index contributed by atoms with van der Waals surface area (Å²) in [6.45, 7) is 13.6. The summed E-state index contributed by atoms with van der Waals surface area (Å²) in [7, 11) is 0. The van der Waals surface area contributed by atoms with Crippen LogP contribution in [-0.4, -0.2) is 27.2 Å². The molecular weight excluding hydrogens is 332 g/mol. The molecule has 1 fully saturated rings. The normalized spacial score (nSPS) is 17.6. The maximum atomic E-state index is 4.89. The Balaban J connectivity index is 1.76. The molecule has 3 heterocycles. The SMILES string of the molecule is C=C(C)c1cnn2ccc(N3CCCC3C(=C)/C=C\C=C/CCCC)nc12. The van der Waals surface area contributed by atoms with Crippen molar-refractivity contribution < 1.29 is 0 Å². The Morgan fingerprint density at radius 2 is 2.19 bits per heavy atom. The van der Waals surface area contributed by atoms with Gasteiger partial charge in [0.25, 0.3) is 0 Å². The second-order valence-corrected chi connectivity index (χ2v) is 7.25. The number of hydrogen-bond acceptors (Lipinski definition) is 3. The highest BCUT2D eigenvalue weighted by atomic mass is 15.3. The van der Waals surface area contributed by atoms with Gasteiger partial charge in [0.2, 0.25) is 0 Å². The van der Waals surface area contributed by atoms with Gasteiger partial charge >= 0.3 is 0 Å². The van der Waals surface area contributed by atoms with Crippen molar-refractivity contribution in [2.75, 3.05) is 11.4 Å². The molecule has 1 aliphatic heterocycles. The minimum atomic E-state index is 0.302. The second-order valence-electron chi connectivity index (χ2n) is 7.25. The van der Waals surface area contributed by atoms with Crippen LogP contribution in [0.1, 0.15) is 51.5 Å². The van der Waals surface area contributed by atoms with E-state index in [4.69, 9.17) is 4.98 Å². The van der Waals surface area contributed by atoms with E-state index in [2.05, 4.69) is 54.4 Å². The van der Waals surface area contributed by atoms with E-state index >= 15 is 0 Å². The van der Waals surface area contributed by atoms with Crippen LogP contribution in [0.5, 0.6) is 0 Å². The Bertz CT molecular complexity index is 872. The Morgan fingerprint density at radius 1 is 1.33 bits per heavy atom. The van der Waals surface area contributed by atoms with Crippen molar-refractivity contribution in [3.8, 4) is 0 Å². The van der Waals surface area contributed by atoms with E-state index in [1.165, 1.54) is 12.8 Å². The molecule has 3 rings (SSSR count). The first-order valence-corrected chi connectivity index (χ1v) is 9.90. The number of allylic oxidation sites excluding steroid dienone is 4. The lowest BCUT2D eigenvalue weighted by atomic mass is 10.1. The molecule has 0 spiro atoms. The highest BCUT2D eigenvalue weighted by molar-refractivity contribution is 5.73. The Morgan fingerprint density at radius 3 is 2.96 bits per heavy atom. The van der Waals surface area contributed by atoms with Crippen molar-refractivity contribution in [2.45, 2.75) is 52.0 Å². The molecule has 2 aromatic heterocycles. The third kappa shape index (κ3) is 4.38. The Labute approximate surface area is 162 Å². The van der Waals surface area contributed by atoms with Gasteiger partial charge in [-0.1, -0.05) is 57.2 Å². The van der Waals surface area contributed by atoms with Gasteiger partial charge in [0.1, 0.15) is 5.82 Å². The Kier molecular flexibility index (Phi) is 6.28. The first kappa shape index (κ1) is 19.2. The molecule has 0 amide bonds. The quantitative estimate of drug-likeness (QED) is 0.453. The number of rotatable bonds is 8. The van der Waals surface area contributed by atoms with Crippen molar-refractivity contribution in [1.82, 2.24) is 14.6 Å². The molecule has 27 heavy (non-hydrogen) atoms. The fraction of sp³-hybridized carbons (Fsp3) is 0.391. The zero-order valence-corrected chi connectivity index (χ0v) is 16.6. The van der Waals surface area contributed by atoms with Gasteiger partial charge in [-0.25, -0.2) is 9.50 Å². The summed E-state index contributed by atoms with van der Waals surface area (Å²) in [6.07, 6.45) is 18.3. The van der Waals surface area contributed by atoms with Gasteiger partial charge in [0.05, 0.1) is 12.2 Å². The highest BCUT2D eigenvalue weighted by Crippen LogP contribution is 2.29. The molecular formula is C23H30N4. The molecule has 0 bridgehead atoms. The maximum Gasteiger partial charge on any atom is 0.164 e. The topological polar surface area (TPSA) is 33.4 Å². The van der Waals surface area contributed by atoms with Gasteiger partial charge in [-0.2, -0.15) is 5.10 Å². The largest absolute Gasteiger partial charge is 0.349 e. The van der Waals surface area contributed by atoms with Crippen molar-refractivity contribution in [2.24, 2.45) is 0 Å². The lowest BCUT2D eigenvalue weighted by Gasteiger charge is -2.26. The number of hydrogen-bond donors (Lipinski definition) is 0. The van der Waals surface area contributed by atoms with E-state index in [9.17, 15) is 0 Å². The lowest BCUT2D eigenvalue weighted by Crippen LogP contribution is -2.31. The van der Waals surface area contributed by atoms with Crippen LogP contribution in [0.2, 0.25) is 0 Å². The fourth-order valence-electron chi connectivity index (χ4n) is 3.53. The van der Waals surface area contributed by atoms with Crippen molar-refractivity contribution in [1.29, 1.82) is 0 Å². The van der Waals surface area contributed by atoms with Crippen molar-refractivity contribution in [3.63, 3.8) is 0 Å². The first-order chi connectivity index (χ1) is 13.1. The summed E-state index contributed by atoms with van der Waals surface area (Å²) in [5.74, 6) is 0.987. The van der Waals surface area contributed by atoms with E-state index in [0.29, 0.717) is 6.04 Å².